The van der Waals surface area contributed by atoms with Gasteiger partial charge in [-0.1, -0.05) is 50.1 Å². The minimum absolute atomic E-state index is 0.627. The molecule has 1 saturated carbocycles. The molecule has 0 saturated heterocycles. The molecule has 1 aliphatic carbocycles. The fraction of sp³-hybridized carbons (Fsp3) is 0.647. The van der Waals surface area contributed by atoms with Gasteiger partial charge in [-0.2, -0.15) is 0 Å². The largest absolute Gasteiger partial charge is 0.316 e. The Hall–Kier alpha value is -0.530. The molecule has 1 fully saturated rings. The molecule has 0 aromatic heterocycles. The predicted octanol–water partition coefficient (Wildman–Crippen LogP) is 4.86. The zero-order chi connectivity index (χ0) is 13.7. The van der Waals surface area contributed by atoms with Gasteiger partial charge in [0.25, 0.3) is 0 Å². The lowest BCUT2D eigenvalue weighted by Crippen LogP contribution is -2.32. The first kappa shape index (κ1) is 14.9. The van der Waals surface area contributed by atoms with Crippen molar-refractivity contribution < 1.29 is 0 Å². The van der Waals surface area contributed by atoms with Crippen molar-refractivity contribution in [1.29, 1.82) is 0 Å². The van der Waals surface area contributed by atoms with Gasteiger partial charge in [0.1, 0.15) is 0 Å². The second-order valence-corrected chi connectivity index (χ2v) is 6.42. The van der Waals surface area contributed by atoms with Crippen molar-refractivity contribution in [2.75, 3.05) is 13.1 Å². The minimum Gasteiger partial charge on any atom is -0.316 e. The summed E-state index contributed by atoms with van der Waals surface area (Å²) in [5.74, 6) is 2.19. The van der Waals surface area contributed by atoms with Crippen LogP contribution in [0.15, 0.2) is 24.3 Å². The van der Waals surface area contributed by atoms with Gasteiger partial charge in [-0.3, -0.25) is 0 Å². The second kappa shape index (κ2) is 7.31. The highest BCUT2D eigenvalue weighted by atomic mass is 35.5. The van der Waals surface area contributed by atoms with Gasteiger partial charge < -0.3 is 5.32 Å². The molecule has 3 atom stereocenters. The molecule has 0 aliphatic heterocycles. The molecule has 2 heteroatoms. The van der Waals surface area contributed by atoms with Crippen molar-refractivity contribution in [3.63, 3.8) is 0 Å². The Kier molecular flexibility index (Phi) is 5.72. The van der Waals surface area contributed by atoms with Crippen LogP contribution in [0.25, 0.3) is 0 Å². The fourth-order valence-electron chi connectivity index (χ4n) is 3.31. The van der Waals surface area contributed by atoms with Gasteiger partial charge in [0.2, 0.25) is 0 Å². The van der Waals surface area contributed by atoms with Crippen molar-refractivity contribution in [2.24, 2.45) is 11.8 Å². The van der Waals surface area contributed by atoms with Gasteiger partial charge in [-0.25, -0.2) is 0 Å². The van der Waals surface area contributed by atoms with E-state index in [9.17, 15) is 0 Å². The van der Waals surface area contributed by atoms with E-state index < -0.39 is 0 Å². The standard InChI is InChI=1S/C17H26ClN/c1-3-10-19-12-14-9-8-13(2)11-16(14)15-6-4-5-7-17(15)18/h4-7,13-14,16,19H,3,8-12H2,1-2H3. The van der Waals surface area contributed by atoms with Crippen molar-refractivity contribution >= 4 is 11.6 Å². The zero-order valence-electron chi connectivity index (χ0n) is 12.2. The van der Waals surface area contributed by atoms with E-state index >= 15 is 0 Å². The van der Waals surface area contributed by atoms with E-state index in [1.54, 1.807) is 0 Å². The van der Waals surface area contributed by atoms with Gasteiger partial charge in [0, 0.05) is 5.02 Å². The summed E-state index contributed by atoms with van der Waals surface area (Å²) in [7, 11) is 0. The summed E-state index contributed by atoms with van der Waals surface area (Å²) in [5.41, 5.74) is 1.36. The number of rotatable bonds is 5. The van der Waals surface area contributed by atoms with Crippen LogP contribution < -0.4 is 5.32 Å². The third-order valence-corrected chi connectivity index (χ3v) is 4.74. The number of nitrogens with one attached hydrogen (secondary N) is 1. The fourth-order valence-corrected chi connectivity index (χ4v) is 3.58. The summed E-state index contributed by atoms with van der Waals surface area (Å²) in [5, 5.41) is 4.54. The van der Waals surface area contributed by atoms with Crippen LogP contribution in [0.2, 0.25) is 5.02 Å². The quantitative estimate of drug-likeness (QED) is 0.759. The topological polar surface area (TPSA) is 12.0 Å². The minimum atomic E-state index is 0.627. The Balaban J connectivity index is 2.10. The summed E-state index contributed by atoms with van der Waals surface area (Å²) < 4.78 is 0. The third-order valence-electron chi connectivity index (χ3n) is 4.39. The normalized spacial score (nSPS) is 27.4. The van der Waals surface area contributed by atoms with Crippen molar-refractivity contribution in [3.05, 3.63) is 34.9 Å². The summed E-state index contributed by atoms with van der Waals surface area (Å²) in [6, 6.07) is 8.41. The summed E-state index contributed by atoms with van der Waals surface area (Å²) >= 11 is 6.41. The monoisotopic (exact) mass is 279 g/mol. The summed E-state index contributed by atoms with van der Waals surface area (Å²) in [4.78, 5) is 0. The average molecular weight is 280 g/mol. The number of halogens is 1. The molecule has 0 spiro atoms. The van der Waals surface area contributed by atoms with Crippen LogP contribution in [-0.4, -0.2) is 13.1 Å². The summed E-state index contributed by atoms with van der Waals surface area (Å²) in [6.45, 7) is 6.86. The van der Waals surface area contributed by atoms with Gasteiger partial charge in [0.15, 0.2) is 0 Å². The highest BCUT2D eigenvalue weighted by Gasteiger charge is 2.30. The molecule has 1 aliphatic rings. The van der Waals surface area contributed by atoms with Gasteiger partial charge in [-0.05, 0) is 61.7 Å². The molecule has 106 valence electrons. The van der Waals surface area contributed by atoms with E-state index in [1.807, 2.05) is 12.1 Å². The zero-order valence-corrected chi connectivity index (χ0v) is 12.9. The predicted molar refractivity (Wildman–Crippen MR) is 83.9 cm³/mol. The van der Waals surface area contributed by atoms with E-state index in [2.05, 4.69) is 31.3 Å². The molecule has 0 heterocycles. The van der Waals surface area contributed by atoms with Gasteiger partial charge in [-0.15, -0.1) is 0 Å². The van der Waals surface area contributed by atoms with Crippen LogP contribution in [0.5, 0.6) is 0 Å². The first-order valence-electron chi connectivity index (χ1n) is 7.67. The molecule has 0 amide bonds. The molecule has 2 rings (SSSR count). The first-order chi connectivity index (χ1) is 9.22. The Morgan fingerprint density at radius 3 is 2.79 bits per heavy atom. The van der Waals surface area contributed by atoms with E-state index in [4.69, 9.17) is 11.6 Å². The van der Waals surface area contributed by atoms with E-state index in [-0.39, 0.29) is 0 Å². The number of hydrogen-bond acceptors (Lipinski definition) is 1. The van der Waals surface area contributed by atoms with Gasteiger partial charge in [0.05, 0.1) is 0 Å². The molecule has 19 heavy (non-hydrogen) atoms. The van der Waals surface area contributed by atoms with E-state index in [1.165, 1.54) is 31.2 Å². The number of hydrogen-bond donors (Lipinski definition) is 1. The summed E-state index contributed by atoms with van der Waals surface area (Å²) in [6.07, 6.45) is 5.18. The van der Waals surface area contributed by atoms with Crippen molar-refractivity contribution in [2.45, 2.75) is 45.4 Å². The SMILES string of the molecule is CCCNCC1CCC(C)CC1c1ccccc1Cl. The Morgan fingerprint density at radius 1 is 1.26 bits per heavy atom. The van der Waals surface area contributed by atoms with E-state index in [0.717, 1.165) is 29.9 Å². The second-order valence-electron chi connectivity index (χ2n) is 6.01. The van der Waals surface area contributed by atoms with Crippen LogP contribution in [-0.2, 0) is 0 Å². The van der Waals surface area contributed by atoms with Crippen molar-refractivity contribution in [3.8, 4) is 0 Å². The highest BCUT2D eigenvalue weighted by molar-refractivity contribution is 6.31. The lowest BCUT2D eigenvalue weighted by molar-refractivity contribution is 0.242. The molecule has 3 unspecified atom stereocenters. The number of benzene rings is 1. The molecule has 0 radical (unpaired) electrons. The maximum atomic E-state index is 6.41. The molecular formula is C17H26ClN. The lowest BCUT2D eigenvalue weighted by Gasteiger charge is -2.36. The highest BCUT2D eigenvalue weighted by Crippen LogP contribution is 2.42. The molecular weight excluding hydrogens is 254 g/mol. The van der Waals surface area contributed by atoms with Crippen LogP contribution in [0.1, 0.15) is 51.0 Å². The smallest absolute Gasteiger partial charge is 0.0440 e. The molecule has 1 aromatic rings. The Morgan fingerprint density at radius 2 is 2.05 bits per heavy atom. The Labute approximate surface area is 122 Å². The van der Waals surface area contributed by atoms with Crippen LogP contribution in [0, 0.1) is 11.8 Å². The van der Waals surface area contributed by atoms with Crippen LogP contribution in [0.4, 0.5) is 0 Å². The van der Waals surface area contributed by atoms with E-state index in [0.29, 0.717) is 5.92 Å². The lowest BCUT2D eigenvalue weighted by atomic mass is 9.71. The van der Waals surface area contributed by atoms with Gasteiger partial charge >= 0.3 is 0 Å². The maximum Gasteiger partial charge on any atom is 0.0440 e. The molecule has 1 aromatic carbocycles. The van der Waals surface area contributed by atoms with Crippen LogP contribution in [0.3, 0.4) is 0 Å². The molecule has 1 nitrogen and oxygen atoms in total. The third kappa shape index (κ3) is 3.97. The average Bonchev–Trinajstić information content (AvgIpc) is 2.41. The maximum absolute atomic E-state index is 6.41. The first-order valence-corrected chi connectivity index (χ1v) is 8.05. The molecule has 0 bridgehead atoms. The van der Waals surface area contributed by atoms with Crippen molar-refractivity contribution in [1.82, 2.24) is 5.32 Å². The van der Waals surface area contributed by atoms with Crippen LogP contribution >= 0.6 is 11.6 Å². The molecule has 1 N–H and O–H groups in total. The Bertz CT molecular complexity index is 391.